The fourth-order valence-electron chi connectivity index (χ4n) is 7.56. The SMILES string of the molecule is CC1=C(CCC2=C(C)C(=O)N(CC3CC4C=CC3C4)C2=O)C(=O)N(CCC2CC3C=CC2C3)C1=O. The highest BCUT2D eigenvalue weighted by Gasteiger charge is 2.43. The third kappa shape index (κ3) is 3.68. The van der Waals surface area contributed by atoms with Crippen molar-refractivity contribution in [1.29, 1.82) is 0 Å². The van der Waals surface area contributed by atoms with Crippen LogP contribution in [0.15, 0.2) is 46.6 Å². The highest BCUT2D eigenvalue weighted by molar-refractivity contribution is 6.20. The van der Waals surface area contributed by atoms with Crippen LogP contribution in [0.5, 0.6) is 0 Å². The van der Waals surface area contributed by atoms with E-state index in [1.54, 1.807) is 13.8 Å². The zero-order valence-corrected chi connectivity index (χ0v) is 20.7. The summed E-state index contributed by atoms with van der Waals surface area (Å²) in [6, 6.07) is 0. The van der Waals surface area contributed by atoms with E-state index in [1.807, 2.05) is 0 Å². The molecule has 2 heterocycles. The average Bonchev–Trinajstić information content (AvgIpc) is 3.68. The summed E-state index contributed by atoms with van der Waals surface area (Å²) in [5.41, 5.74) is 1.98. The zero-order chi connectivity index (χ0) is 24.4. The smallest absolute Gasteiger partial charge is 0.257 e. The van der Waals surface area contributed by atoms with Gasteiger partial charge < -0.3 is 0 Å². The molecule has 4 aliphatic carbocycles. The molecular weight excluding hydrogens is 440 g/mol. The van der Waals surface area contributed by atoms with E-state index >= 15 is 0 Å². The van der Waals surface area contributed by atoms with Crippen molar-refractivity contribution in [3.8, 4) is 0 Å². The minimum absolute atomic E-state index is 0.196. The Morgan fingerprint density at radius 1 is 0.657 bits per heavy atom. The van der Waals surface area contributed by atoms with Crippen molar-refractivity contribution in [1.82, 2.24) is 9.80 Å². The Morgan fingerprint density at radius 2 is 1.17 bits per heavy atom. The largest absolute Gasteiger partial charge is 0.275 e. The first-order valence-corrected chi connectivity index (χ1v) is 13.3. The maximum atomic E-state index is 13.2. The molecule has 6 atom stereocenters. The molecule has 0 aromatic carbocycles. The molecule has 4 bridgehead atoms. The maximum absolute atomic E-state index is 13.2. The van der Waals surface area contributed by atoms with Crippen molar-refractivity contribution in [3.05, 3.63) is 46.6 Å². The van der Waals surface area contributed by atoms with Gasteiger partial charge in [0.05, 0.1) is 0 Å². The zero-order valence-electron chi connectivity index (χ0n) is 20.7. The topological polar surface area (TPSA) is 74.8 Å². The number of hydrogen-bond donors (Lipinski definition) is 0. The van der Waals surface area contributed by atoms with Gasteiger partial charge in [0.25, 0.3) is 23.6 Å². The number of hydrogen-bond acceptors (Lipinski definition) is 4. The summed E-state index contributed by atoms with van der Waals surface area (Å²) in [5.74, 6) is 2.42. The highest BCUT2D eigenvalue weighted by Crippen LogP contribution is 2.46. The molecule has 0 aromatic rings. The van der Waals surface area contributed by atoms with Gasteiger partial charge in [0.1, 0.15) is 0 Å². The fourth-order valence-corrected chi connectivity index (χ4v) is 7.56. The molecule has 0 aromatic heterocycles. The van der Waals surface area contributed by atoms with Gasteiger partial charge in [-0.25, -0.2) is 0 Å². The third-order valence-corrected chi connectivity index (χ3v) is 9.64. The second-order valence-corrected chi connectivity index (χ2v) is 11.6. The van der Waals surface area contributed by atoms with Crippen molar-refractivity contribution in [2.75, 3.05) is 13.1 Å². The molecule has 35 heavy (non-hydrogen) atoms. The lowest BCUT2D eigenvalue weighted by Crippen LogP contribution is -2.37. The minimum atomic E-state index is -0.216. The van der Waals surface area contributed by atoms with Gasteiger partial charge in [-0.2, -0.15) is 0 Å². The van der Waals surface area contributed by atoms with Gasteiger partial charge in [-0.3, -0.25) is 29.0 Å². The van der Waals surface area contributed by atoms with Crippen molar-refractivity contribution in [3.63, 3.8) is 0 Å². The molecule has 184 valence electrons. The molecule has 6 heteroatoms. The minimum Gasteiger partial charge on any atom is -0.275 e. The monoisotopic (exact) mass is 474 g/mol. The van der Waals surface area contributed by atoms with E-state index in [9.17, 15) is 19.2 Å². The number of allylic oxidation sites excluding steroid dienone is 4. The van der Waals surface area contributed by atoms with E-state index in [0.717, 1.165) is 25.7 Å². The van der Waals surface area contributed by atoms with Crippen LogP contribution in [0.25, 0.3) is 0 Å². The Labute approximate surface area is 206 Å². The lowest BCUT2D eigenvalue weighted by Gasteiger charge is -2.24. The molecular formula is C29H34N2O4. The van der Waals surface area contributed by atoms with E-state index < -0.39 is 0 Å². The van der Waals surface area contributed by atoms with Crippen LogP contribution in [0.2, 0.25) is 0 Å². The van der Waals surface area contributed by atoms with Crippen molar-refractivity contribution >= 4 is 23.6 Å². The van der Waals surface area contributed by atoms with Crippen LogP contribution in [-0.4, -0.2) is 46.5 Å². The van der Waals surface area contributed by atoms with Crippen LogP contribution < -0.4 is 0 Å². The standard InChI is InChI=1S/C29H34N2O4/c1-16-24(28(34)30(26(16)32)10-9-22-13-18-3-5-20(22)11-18)7-8-25-17(2)27(33)31(29(25)35)15-23-14-19-4-6-21(23)12-19/h3-6,18-23H,7-15H2,1-2H3. The molecule has 4 amide bonds. The number of carbonyl (C=O) groups is 4. The second kappa shape index (κ2) is 8.42. The summed E-state index contributed by atoms with van der Waals surface area (Å²) in [6.45, 7) is 4.38. The number of fused-ring (bicyclic) bond motifs is 4. The predicted molar refractivity (Wildman–Crippen MR) is 130 cm³/mol. The Morgan fingerprint density at radius 3 is 1.69 bits per heavy atom. The number of rotatable bonds is 8. The number of imide groups is 2. The Balaban J connectivity index is 1.07. The second-order valence-electron chi connectivity index (χ2n) is 11.6. The third-order valence-electron chi connectivity index (χ3n) is 9.64. The van der Waals surface area contributed by atoms with Crippen molar-refractivity contribution in [2.45, 2.75) is 58.8 Å². The summed E-state index contributed by atoms with van der Waals surface area (Å²) in [4.78, 5) is 54.9. The van der Waals surface area contributed by atoms with Crippen molar-refractivity contribution in [2.24, 2.45) is 35.5 Å². The molecule has 0 radical (unpaired) electrons. The summed E-state index contributed by atoms with van der Waals surface area (Å²) in [6.07, 6.45) is 15.2. The van der Waals surface area contributed by atoms with Gasteiger partial charge in [0.15, 0.2) is 0 Å². The van der Waals surface area contributed by atoms with Crippen LogP contribution in [0.4, 0.5) is 0 Å². The number of carbonyl (C=O) groups excluding carboxylic acids is 4. The summed E-state index contributed by atoms with van der Waals surface area (Å²) in [7, 11) is 0. The summed E-state index contributed by atoms with van der Waals surface area (Å²) >= 11 is 0. The van der Waals surface area contributed by atoms with Gasteiger partial charge in [0.2, 0.25) is 0 Å². The number of amides is 4. The van der Waals surface area contributed by atoms with Crippen LogP contribution in [-0.2, 0) is 19.2 Å². The van der Waals surface area contributed by atoms with Crippen LogP contribution >= 0.6 is 0 Å². The van der Waals surface area contributed by atoms with Gasteiger partial charge in [0, 0.05) is 35.4 Å². The molecule has 2 aliphatic heterocycles. The van der Waals surface area contributed by atoms with Gasteiger partial charge in [-0.1, -0.05) is 24.3 Å². The number of nitrogens with zero attached hydrogens (tertiary/aromatic N) is 2. The summed E-state index contributed by atoms with van der Waals surface area (Å²) in [5, 5.41) is 0. The fraction of sp³-hybridized carbons (Fsp3) is 0.586. The van der Waals surface area contributed by atoms with E-state index in [1.165, 1.54) is 16.2 Å². The maximum Gasteiger partial charge on any atom is 0.257 e. The molecule has 6 rings (SSSR count). The lowest BCUT2D eigenvalue weighted by molar-refractivity contribution is -0.140. The molecule has 0 spiro atoms. The Kier molecular flexibility index (Phi) is 5.46. The lowest BCUT2D eigenvalue weighted by atomic mass is 9.90. The van der Waals surface area contributed by atoms with Crippen LogP contribution in [0, 0.1) is 35.5 Å². The average molecular weight is 475 g/mol. The molecule has 6 unspecified atom stereocenters. The van der Waals surface area contributed by atoms with Crippen LogP contribution in [0.1, 0.15) is 58.8 Å². The quantitative estimate of drug-likeness (QED) is 0.394. The molecule has 2 saturated carbocycles. The van der Waals surface area contributed by atoms with E-state index in [0.29, 0.717) is 83.7 Å². The van der Waals surface area contributed by atoms with Gasteiger partial charge >= 0.3 is 0 Å². The first-order valence-electron chi connectivity index (χ1n) is 13.3. The van der Waals surface area contributed by atoms with Gasteiger partial charge in [-0.15, -0.1) is 0 Å². The Bertz CT molecular complexity index is 1140. The first-order chi connectivity index (χ1) is 16.8. The van der Waals surface area contributed by atoms with Crippen molar-refractivity contribution < 1.29 is 19.2 Å². The first kappa shape index (κ1) is 22.7. The molecule has 0 saturated heterocycles. The van der Waals surface area contributed by atoms with Crippen LogP contribution in [0.3, 0.4) is 0 Å². The van der Waals surface area contributed by atoms with E-state index in [-0.39, 0.29) is 23.6 Å². The van der Waals surface area contributed by atoms with E-state index in [2.05, 4.69) is 24.3 Å². The highest BCUT2D eigenvalue weighted by atomic mass is 16.2. The summed E-state index contributed by atoms with van der Waals surface area (Å²) < 4.78 is 0. The van der Waals surface area contributed by atoms with Gasteiger partial charge in [-0.05, 0) is 94.3 Å². The normalized spacial score (nSPS) is 35.5. The Hall–Kier alpha value is -2.76. The molecule has 6 nitrogen and oxygen atoms in total. The van der Waals surface area contributed by atoms with E-state index in [4.69, 9.17) is 0 Å². The molecule has 0 N–H and O–H groups in total. The molecule has 6 aliphatic rings. The predicted octanol–water partition coefficient (Wildman–Crippen LogP) is 3.95. The molecule has 2 fully saturated rings.